The fourth-order valence-corrected chi connectivity index (χ4v) is 4.39. The van der Waals surface area contributed by atoms with Crippen molar-refractivity contribution in [1.29, 1.82) is 0 Å². The van der Waals surface area contributed by atoms with E-state index in [9.17, 15) is 0 Å². The normalized spacial score (nSPS) is 11.3. The lowest BCUT2D eigenvalue weighted by Crippen LogP contribution is -2.10. The Morgan fingerprint density at radius 1 is 0.467 bits per heavy atom. The first-order valence-corrected chi connectivity index (χ1v) is 10.2. The van der Waals surface area contributed by atoms with E-state index in [-0.39, 0.29) is 0 Å². The van der Waals surface area contributed by atoms with Gasteiger partial charge in [-0.25, -0.2) is 0 Å². The Balaban J connectivity index is 1.62. The SMILES string of the molecule is c1ccc(N(c2ccc3c(c2)[nH]c2ccccc23)c2cccc3ccccc23)cc1. The van der Waals surface area contributed by atoms with E-state index >= 15 is 0 Å². The summed E-state index contributed by atoms with van der Waals surface area (Å²) in [4.78, 5) is 5.93. The molecule has 0 bridgehead atoms. The number of fused-ring (bicyclic) bond motifs is 4. The van der Waals surface area contributed by atoms with Gasteiger partial charge in [-0.2, -0.15) is 0 Å². The maximum Gasteiger partial charge on any atom is 0.0540 e. The van der Waals surface area contributed by atoms with Crippen molar-refractivity contribution in [2.24, 2.45) is 0 Å². The number of para-hydroxylation sites is 2. The van der Waals surface area contributed by atoms with Crippen molar-refractivity contribution in [1.82, 2.24) is 4.98 Å². The molecule has 142 valence electrons. The number of hydrogen-bond acceptors (Lipinski definition) is 1. The Morgan fingerprint density at radius 2 is 1.17 bits per heavy atom. The maximum absolute atomic E-state index is 3.59. The molecule has 1 N–H and O–H groups in total. The second kappa shape index (κ2) is 6.78. The van der Waals surface area contributed by atoms with E-state index in [2.05, 4.69) is 125 Å². The van der Waals surface area contributed by atoms with E-state index in [1.807, 2.05) is 0 Å². The van der Waals surface area contributed by atoms with Gasteiger partial charge in [-0.1, -0.05) is 78.9 Å². The summed E-state index contributed by atoms with van der Waals surface area (Å²) >= 11 is 0. The molecule has 2 heteroatoms. The lowest BCUT2D eigenvalue weighted by atomic mass is 10.1. The van der Waals surface area contributed by atoms with Crippen LogP contribution in [0.3, 0.4) is 0 Å². The molecule has 0 fully saturated rings. The number of H-pyrrole nitrogens is 1. The third-order valence-corrected chi connectivity index (χ3v) is 5.77. The van der Waals surface area contributed by atoms with Gasteiger partial charge < -0.3 is 9.88 Å². The summed E-state index contributed by atoms with van der Waals surface area (Å²) in [6.07, 6.45) is 0. The van der Waals surface area contributed by atoms with Crippen LogP contribution in [0.5, 0.6) is 0 Å². The smallest absolute Gasteiger partial charge is 0.0540 e. The Labute approximate surface area is 175 Å². The highest BCUT2D eigenvalue weighted by molar-refractivity contribution is 6.09. The third kappa shape index (κ3) is 2.66. The van der Waals surface area contributed by atoms with Gasteiger partial charge in [-0.05, 0) is 41.8 Å². The molecule has 0 saturated carbocycles. The van der Waals surface area contributed by atoms with Gasteiger partial charge in [0.1, 0.15) is 0 Å². The number of nitrogens with one attached hydrogen (secondary N) is 1. The largest absolute Gasteiger partial charge is 0.354 e. The van der Waals surface area contributed by atoms with Crippen molar-refractivity contribution in [3.05, 3.63) is 115 Å². The van der Waals surface area contributed by atoms with E-state index in [0.29, 0.717) is 0 Å². The van der Waals surface area contributed by atoms with Crippen LogP contribution in [0.4, 0.5) is 17.1 Å². The molecule has 0 saturated heterocycles. The molecule has 0 aliphatic rings. The third-order valence-electron chi connectivity index (χ3n) is 5.77. The summed E-state index contributed by atoms with van der Waals surface area (Å²) in [7, 11) is 0. The van der Waals surface area contributed by atoms with Gasteiger partial charge in [-0.3, -0.25) is 0 Å². The maximum atomic E-state index is 3.59. The zero-order chi connectivity index (χ0) is 19.9. The number of hydrogen-bond donors (Lipinski definition) is 1. The molecule has 2 nitrogen and oxygen atoms in total. The molecule has 30 heavy (non-hydrogen) atoms. The lowest BCUT2D eigenvalue weighted by molar-refractivity contribution is 1.30. The summed E-state index contributed by atoms with van der Waals surface area (Å²) in [6, 6.07) is 40.8. The van der Waals surface area contributed by atoms with Gasteiger partial charge in [0.05, 0.1) is 5.69 Å². The monoisotopic (exact) mass is 384 g/mol. The first-order valence-electron chi connectivity index (χ1n) is 10.2. The molecule has 0 unspecified atom stereocenters. The minimum atomic E-state index is 1.14. The Morgan fingerprint density at radius 3 is 2.07 bits per heavy atom. The molecule has 1 aromatic heterocycles. The standard InChI is InChI=1S/C28H20N2/c1-2-11-21(12-3-1)30(28-16-8-10-20-9-4-5-13-23(20)28)22-17-18-25-24-14-6-7-15-26(24)29-27(25)19-22/h1-19,29H. The molecule has 1 heterocycles. The van der Waals surface area contributed by atoms with E-state index in [4.69, 9.17) is 0 Å². The number of aromatic nitrogens is 1. The first-order chi connectivity index (χ1) is 14.9. The van der Waals surface area contributed by atoms with Crippen molar-refractivity contribution >= 4 is 49.6 Å². The summed E-state index contributed by atoms with van der Waals surface area (Å²) in [5.74, 6) is 0. The summed E-state index contributed by atoms with van der Waals surface area (Å²) in [5, 5.41) is 4.99. The van der Waals surface area contributed by atoms with Crippen LogP contribution >= 0.6 is 0 Å². The lowest BCUT2D eigenvalue weighted by Gasteiger charge is -2.27. The number of nitrogens with zero attached hydrogens (tertiary/aromatic N) is 1. The van der Waals surface area contributed by atoms with Gasteiger partial charge in [0.2, 0.25) is 0 Å². The molecule has 0 radical (unpaired) electrons. The van der Waals surface area contributed by atoms with Crippen molar-refractivity contribution in [3.63, 3.8) is 0 Å². The number of rotatable bonds is 3. The number of aromatic amines is 1. The predicted molar refractivity (Wildman–Crippen MR) is 128 cm³/mol. The van der Waals surface area contributed by atoms with Crippen LogP contribution in [0, 0.1) is 0 Å². The molecular weight excluding hydrogens is 364 g/mol. The second-order valence-electron chi connectivity index (χ2n) is 7.57. The molecule has 6 rings (SSSR count). The molecule has 0 spiro atoms. The van der Waals surface area contributed by atoms with Crippen LogP contribution in [-0.2, 0) is 0 Å². The van der Waals surface area contributed by atoms with Crippen LogP contribution in [0.2, 0.25) is 0 Å². The van der Waals surface area contributed by atoms with Crippen LogP contribution in [0.1, 0.15) is 0 Å². The van der Waals surface area contributed by atoms with E-state index in [1.165, 1.54) is 32.7 Å². The number of anilines is 3. The molecule has 6 aromatic rings. The molecule has 0 aliphatic heterocycles. The molecule has 0 atom stereocenters. The van der Waals surface area contributed by atoms with E-state index in [1.54, 1.807) is 0 Å². The van der Waals surface area contributed by atoms with Crippen molar-refractivity contribution in [2.45, 2.75) is 0 Å². The quantitative estimate of drug-likeness (QED) is 0.328. The first kappa shape index (κ1) is 16.9. The Hall–Kier alpha value is -4.04. The van der Waals surface area contributed by atoms with Gasteiger partial charge in [0.15, 0.2) is 0 Å². The van der Waals surface area contributed by atoms with Crippen LogP contribution in [0.15, 0.2) is 115 Å². The molecule has 5 aromatic carbocycles. The predicted octanol–water partition coefficient (Wildman–Crippen LogP) is 7.94. The van der Waals surface area contributed by atoms with Crippen LogP contribution < -0.4 is 4.90 Å². The second-order valence-corrected chi connectivity index (χ2v) is 7.57. The average molecular weight is 384 g/mol. The molecular formula is C28H20N2. The van der Waals surface area contributed by atoms with Crippen molar-refractivity contribution in [2.75, 3.05) is 4.90 Å². The fraction of sp³-hybridized carbons (Fsp3) is 0. The van der Waals surface area contributed by atoms with Crippen LogP contribution in [0.25, 0.3) is 32.6 Å². The molecule has 0 aliphatic carbocycles. The minimum Gasteiger partial charge on any atom is -0.354 e. The zero-order valence-electron chi connectivity index (χ0n) is 16.4. The fourth-order valence-electron chi connectivity index (χ4n) is 4.39. The van der Waals surface area contributed by atoms with Crippen LogP contribution in [-0.4, -0.2) is 4.98 Å². The molecule has 0 amide bonds. The number of benzene rings is 5. The van der Waals surface area contributed by atoms with Gasteiger partial charge in [0.25, 0.3) is 0 Å². The Kier molecular flexibility index (Phi) is 3.82. The average Bonchev–Trinajstić information content (AvgIpc) is 3.18. The minimum absolute atomic E-state index is 1.14. The highest BCUT2D eigenvalue weighted by Crippen LogP contribution is 2.40. The van der Waals surface area contributed by atoms with Gasteiger partial charge in [-0.15, -0.1) is 0 Å². The van der Waals surface area contributed by atoms with Gasteiger partial charge in [0, 0.05) is 38.6 Å². The van der Waals surface area contributed by atoms with Crippen molar-refractivity contribution in [3.8, 4) is 0 Å². The highest BCUT2D eigenvalue weighted by Gasteiger charge is 2.16. The topological polar surface area (TPSA) is 19.0 Å². The van der Waals surface area contributed by atoms with Gasteiger partial charge >= 0.3 is 0 Å². The van der Waals surface area contributed by atoms with Crippen molar-refractivity contribution < 1.29 is 0 Å². The summed E-state index contributed by atoms with van der Waals surface area (Å²) < 4.78 is 0. The van der Waals surface area contributed by atoms with E-state index < -0.39 is 0 Å². The highest BCUT2D eigenvalue weighted by atomic mass is 15.1. The summed E-state index contributed by atoms with van der Waals surface area (Å²) in [6.45, 7) is 0. The Bertz CT molecular complexity index is 1490. The summed E-state index contributed by atoms with van der Waals surface area (Å²) in [5.41, 5.74) is 5.77. The zero-order valence-corrected chi connectivity index (χ0v) is 16.4. The van der Waals surface area contributed by atoms with E-state index in [0.717, 1.165) is 16.9 Å².